The van der Waals surface area contributed by atoms with Crippen LogP contribution < -0.4 is 10.1 Å². The number of halogens is 1. The molecule has 2 unspecified atom stereocenters. The maximum atomic E-state index is 9.85. The Morgan fingerprint density at radius 3 is 2.55 bits per heavy atom. The molecule has 2 atom stereocenters. The molecule has 0 aliphatic heterocycles. The highest BCUT2D eigenvalue weighted by atomic mass is 79.9. The number of rotatable bonds is 10. The third-order valence-corrected chi connectivity index (χ3v) is 3.27. The van der Waals surface area contributed by atoms with Crippen LogP contribution in [0, 0.1) is 0 Å². The normalized spacial score (nSPS) is 14.0. The molecule has 0 spiro atoms. The Kier molecular flexibility index (Phi) is 8.80. The monoisotopic (exact) mass is 347 g/mol. The molecular formula is C14H22BrNO4. The molecule has 3 N–H and O–H groups in total. The average Bonchev–Trinajstić information content (AvgIpc) is 2.44. The Morgan fingerprint density at radius 2 is 1.95 bits per heavy atom. The molecule has 20 heavy (non-hydrogen) atoms. The van der Waals surface area contributed by atoms with Crippen LogP contribution in [-0.2, 0) is 4.74 Å². The van der Waals surface area contributed by atoms with Gasteiger partial charge in [0, 0.05) is 30.8 Å². The van der Waals surface area contributed by atoms with E-state index in [-0.39, 0.29) is 19.3 Å². The Labute approximate surface area is 128 Å². The van der Waals surface area contributed by atoms with Crippen LogP contribution in [0.5, 0.6) is 5.75 Å². The fourth-order valence-corrected chi connectivity index (χ4v) is 1.95. The van der Waals surface area contributed by atoms with E-state index in [2.05, 4.69) is 21.2 Å². The van der Waals surface area contributed by atoms with Crippen molar-refractivity contribution < 1.29 is 19.7 Å². The minimum absolute atomic E-state index is 0.0346. The van der Waals surface area contributed by atoms with Gasteiger partial charge in [0.25, 0.3) is 0 Å². The zero-order chi connectivity index (χ0) is 14.8. The molecule has 0 aromatic heterocycles. The number of aliphatic hydroxyl groups is 2. The summed E-state index contributed by atoms with van der Waals surface area (Å²) in [7, 11) is 1.61. The van der Waals surface area contributed by atoms with Crippen molar-refractivity contribution in [1.29, 1.82) is 0 Å². The van der Waals surface area contributed by atoms with E-state index in [4.69, 9.17) is 14.6 Å². The van der Waals surface area contributed by atoms with Crippen LogP contribution in [-0.4, -0.2) is 55.8 Å². The second-order valence-corrected chi connectivity index (χ2v) is 5.41. The maximum absolute atomic E-state index is 9.85. The average molecular weight is 348 g/mol. The van der Waals surface area contributed by atoms with E-state index in [0.29, 0.717) is 19.6 Å². The molecule has 0 fully saturated rings. The standard InChI is InChI=1S/C14H22BrNO4/c1-19-9-12(6-7-17)16-8-13(18)10-20-14-4-2-11(15)3-5-14/h2-5,12-13,16-18H,6-10H2,1H3. The number of ether oxygens (including phenoxy) is 2. The molecular weight excluding hydrogens is 326 g/mol. The first-order valence-electron chi connectivity index (χ1n) is 6.55. The molecule has 0 heterocycles. The molecule has 0 saturated heterocycles. The van der Waals surface area contributed by atoms with E-state index in [9.17, 15) is 5.11 Å². The van der Waals surface area contributed by atoms with Gasteiger partial charge in [-0.3, -0.25) is 0 Å². The molecule has 0 aliphatic rings. The molecule has 0 aliphatic carbocycles. The number of hydrogen-bond donors (Lipinski definition) is 3. The summed E-state index contributed by atoms with van der Waals surface area (Å²) in [6.07, 6.45) is -0.0228. The largest absolute Gasteiger partial charge is 0.491 e. The zero-order valence-corrected chi connectivity index (χ0v) is 13.2. The van der Waals surface area contributed by atoms with Crippen molar-refractivity contribution in [3.05, 3.63) is 28.7 Å². The van der Waals surface area contributed by atoms with E-state index in [1.165, 1.54) is 0 Å². The Morgan fingerprint density at radius 1 is 1.25 bits per heavy atom. The number of aliphatic hydroxyl groups excluding tert-OH is 2. The van der Waals surface area contributed by atoms with Gasteiger partial charge in [0.05, 0.1) is 6.61 Å². The van der Waals surface area contributed by atoms with Crippen LogP contribution >= 0.6 is 15.9 Å². The van der Waals surface area contributed by atoms with Crippen LogP contribution in [0.1, 0.15) is 6.42 Å². The minimum Gasteiger partial charge on any atom is -0.491 e. The summed E-state index contributed by atoms with van der Waals surface area (Å²) in [6.45, 7) is 1.20. The highest BCUT2D eigenvalue weighted by Gasteiger charge is 2.11. The molecule has 0 saturated carbocycles. The highest BCUT2D eigenvalue weighted by molar-refractivity contribution is 9.10. The van der Waals surface area contributed by atoms with Gasteiger partial charge in [0.15, 0.2) is 0 Å². The molecule has 0 bridgehead atoms. The molecule has 0 amide bonds. The summed E-state index contributed by atoms with van der Waals surface area (Å²) < 4.78 is 11.5. The molecule has 1 aromatic rings. The van der Waals surface area contributed by atoms with Gasteiger partial charge >= 0.3 is 0 Å². The third-order valence-electron chi connectivity index (χ3n) is 2.74. The Balaban J connectivity index is 2.25. The van der Waals surface area contributed by atoms with Gasteiger partial charge in [-0.1, -0.05) is 15.9 Å². The van der Waals surface area contributed by atoms with Crippen LogP contribution in [0.25, 0.3) is 0 Å². The predicted molar refractivity (Wildman–Crippen MR) is 81.0 cm³/mol. The van der Waals surface area contributed by atoms with Gasteiger partial charge in [-0.25, -0.2) is 0 Å². The summed E-state index contributed by atoms with van der Waals surface area (Å²) in [5.74, 6) is 0.719. The van der Waals surface area contributed by atoms with Gasteiger partial charge in [0.1, 0.15) is 18.5 Å². The summed E-state index contributed by atoms with van der Waals surface area (Å²) in [4.78, 5) is 0. The van der Waals surface area contributed by atoms with Crippen molar-refractivity contribution in [1.82, 2.24) is 5.32 Å². The lowest BCUT2D eigenvalue weighted by Crippen LogP contribution is -2.40. The minimum atomic E-state index is -0.614. The lowest BCUT2D eigenvalue weighted by atomic mass is 10.2. The van der Waals surface area contributed by atoms with Crippen molar-refractivity contribution in [3.63, 3.8) is 0 Å². The third kappa shape index (κ3) is 7.21. The van der Waals surface area contributed by atoms with Crippen molar-refractivity contribution in [2.75, 3.05) is 33.5 Å². The van der Waals surface area contributed by atoms with E-state index >= 15 is 0 Å². The summed E-state index contributed by atoms with van der Waals surface area (Å²) in [5, 5.41) is 21.9. The van der Waals surface area contributed by atoms with Crippen molar-refractivity contribution in [2.45, 2.75) is 18.6 Å². The first-order chi connectivity index (χ1) is 9.65. The highest BCUT2D eigenvalue weighted by Crippen LogP contribution is 2.16. The van der Waals surface area contributed by atoms with Crippen molar-refractivity contribution >= 4 is 15.9 Å². The topological polar surface area (TPSA) is 71.0 Å². The van der Waals surface area contributed by atoms with E-state index in [1.807, 2.05) is 24.3 Å². The number of methoxy groups -OCH3 is 1. The maximum Gasteiger partial charge on any atom is 0.119 e. The Hall–Kier alpha value is -0.660. The lowest BCUT2D eigenvalue weighted by molar-refractivity contribution is 0.0919. The van der Waals surface area contributed by atoms with Gasteiger partial charge in [0.2, 0.25) is 0 Å². The summed E-state index contributed by atoms with van der Waals surface area (Å²) in [6, 6.07) is 7.48. The number of benzene rings is 1. The van der Waals surface area contributed by atoms with Crippen LogP contribution in [0.15, 0.2) is 28.7 Å². The fourth-order valence-electron chi connectivity index (χ4n) is 1.69. The fraction of sp³-hybridized carbons (Fsp3) is 0.571. The SMILES string of the molecule is COCC(CCO)NCC(O)COc1ccc(Br)cc1. The second kappa shape index (κ2) is 10.1. The lowest BCUT2D eigenvalue weighted by Gasteiger charge is -2.19. The smallest absolute Gasteiger partial charge is 0.119 e. The number of nitrogens with one attached hydrogen (secondary N) is 1. The first-order valence-corrected chi connectivity index (χ1v) is 7.34. The molecule has 1 aromatic carbocycles. The van der Waals surface area contributed by atoms with Gasteiger partial charge in [-0.2, -0.15) is 0 Å². The van der Waals surface area contributed by atoms with Crippen molar-refractivity contribution in [3.8, 4) is 5.75 Å². The molecule has 6 heteroatoms. The van der Waals surface area contributed by atoms with Gasteiger partial charge in [-0.15, -0.1) is 0 Å². The van der Waals surface area contributed by atoms with Crippen LogP contribution in [0.4, 0.5) is 0 Å². The number of hydrogen-bond acceptors (Lipinski definition) is 5. The molecule has 114 valence electrons. The molecule has 1 rings (SSSR count). The van der Waals surface area contributed by atoms with Crippen LogP contribution in [0.2, 0.25) is 0 Å². The zero-order valence-electron chi connectivity index (χ0n) is 11.6. The predicted octanol–water partition coefficient (Wildman–Crippen LogP) is 1.18. The van der Waals surface area contributed by atoms with E-state index in [1.54, 1.807) is 7.11 Å². The Bertz CT molecular complexity index is 355. The van der Waals surface area contributed by atoms with E-state index in [0.717, 1.165) is 10.2 Å². The first kappa shape index (κ1) is 17.4. The second-order valence-electron chi connectivity index (χ2n) is 4.49. The van der Waals surface area contributed by atoms with Crippen LogP contribution in [0.3, 0.4) is 0 Å². The quantitative estimate of drug-likeness (QED) is 0.592. The van der Waals surface area contributed by atoms with Gasteiger partial charge in [-0.05, 0) is 30.7 Å². The van der Waals surface area contributed by atoms with E-state index < -0.39 is 6.10 Å². The molecule has 0 radical (unpaired) electrons. The molecule has 5 nitrogen and oxygen atoms in total. The van der Waals surface area contributed by atoms with Crippen molar-refractivity contribution in [2.24, 2.45) is 0 Å². The van der Waals surface area contributed by atoms with Gasteiger partial charge < -0.3 is 25.0 Å². The summed E-state index contributed by atoms with van der Waals surface area (Å²) >= 11 is 3.35. The summed E-state index contributed by atoms with van der Waals surface area (Å²) in [5.41, 5.74) is 0.